The molecule has 22 heavy (non-hydrogen) atoms. The van der Waals surface area contributed by atoms with Crippen LogP contribution >= 0.6 is 0 Å². The normalized spacial score (nSPS) is 67.9. The van der Waals surface area contributed by atoms with Gasteiger partial charge in [0.1, 0.15) is 0 Å². The fourth-order valence-corrected chi connectivity index (χ4v) is 9.24. The summed E-state index contributed by atoms with van der Waals surface area (Å²) in [6, 6.07) is 0. The first kappa shape index (κ1) is 13.2. The predicted molar refractivity (Wildman–Crippen MR) is 84.0 cm³/mol. The van der Waals surface area contributed by atoms with E-state index < -0.39 is 11.2 Å². The molecule has 6 saturated carbocycles. The van der Waals surface area contributed by atoms with Gasteiger partial charge in [0.05, 0.1) is 11.2 Å². The van der Waals surface area contributed by atoms with Gasteiger partial charge in [-0.25, -0.2) is 0 Å². The molecule has 0 radical (unpaired) electrons. The van der Waals surface area contributed by atoms with Crippen molar-refractivity contribution < 1.29 is 10.2 Å². The van der Waals surface area contributed by atoms with Crippen molar-refractivity contribution in [3.63, 3.8) is 0 Å². The summed E-state index contributed by atoms with van der Waals surface area (Å²) in [6.45, 7) is 0. The van der Waals surface area contributed by atoms with E-state index in [1.807, 2.05) is 0 Å². The maximum atomic E-state index is 11.9. The highest BCUT2D eigenvalue weighted by Crippen LogP contribution is 2.71. The Balaban J connectivity index is 1.41. The summed E-state index contributed by atoms with van der Waals surface area (Å²) in [5.74, 6) is 5.57. The maximum absolute atomic E-state index is 11.9. The zero-order chi connectivity index (χ0) is 14.7. The first-order chi connectivity index (χ1) is 10.6. The molecule has 0 aromatic rings. The van der Waals surface area contributed by atoms with Gasteiger partial charge in [0.15, 0.2) is 0 Å². The van der Waals surface area contributed by atoms with Crippen LogP contribution in [0.2, 0.25) is 0 Å². The van der Waals surface area contributed by atoms with Gasteiger partial charge >= 0.3 is 0 Å². The largest absolute Gasteiger partial charge is 0.387 e. The molecule has 2 N–H and O–H groups in total. The van der Waals surface area contributed by atoms with Crippen LogP contribution < -0.4 is 0 Å². The van der Waals surface area contributed by atoms with E-state index in [0.717, 1.165) is 48.3 Å². The summed E-state index contributed by atoms with van der Waals surface area (Å²) in [4.78, 5) is 0. The zero-order valence-electron chi connectivity index (χ0n) is 13.6. The van der Waals surface area contributed by atoms with E-state index in [-0.39, 0.29) is 0 Å². The molecule has 6 aliphatic rings. The zero-order valence-corrected chi connectivity index (χ0v) is 13.6. The van der Waals surface area contributed by atoms with E-state index in [9.17, 15) is 10.2 Å². The van der Waals surface area contributed by atoms with Crippen molar-refractivity contribution in [2.45, 2.75) is 75.4 Å². The highest BCUT2D eigenvalue weighted by molar-refractivity contribution is 5.23. The van der Waals surface area contributed by atoms with E-state index in [2.05, 4.69) is 0 Å². The van der Waals surface area contributed by atoms with Gasteiger partial charge in [0, 0.05) is 0 Å². The molecular weight excluding hydrogens is 272 g/mol. The van der Waals surface area contributed by atoms with Gasteiger partial charge < -0.3 is 10.2 Å². The van der Waals surface area contributed by atoms with Crippen molar-refractivity contribution in [1.82, 2.24) is 0 Å². The topological polar surface area (TPSA) is 40.5 Å². The highest BCUT2D eigenvalue weighted by atomic mass is 16.4. The van der Waals surface area contributed by atoms with Crippen LogP contribution in [0.3, 0.4) is 0 Å². The molecule has 0 bridgehead atoms. The second kappa shape index (κ2) is 3.94. The van der Waals surface area contributed by atoms with Crippen molar-refractivity contribution >= 4 is 0 Å². The quantitative estimate of drug-likeness (QED) is 0.780. The molecule has 2 heteroatoms. The number of hydrogen-bond donors (Lipinski definition) is 2. The van der Waals surface area contributed by atoms with Crippen LogP contribution in [0, 0.1) is 47.3 Å². The van der Waals surface area contributed by atoms with Gasteiger partial charge in [0.2, 0.25) is 0 Å². The Kier molecular flexibility index (Phi) is 2.37. The maximum Gasteiger partial charge on any atom is 0.0969 e. The number of rotatable bonds is 1. The van der Waals surface area contributed by atoms with Crippen LogP contribution in [-0.4, -0.2) is 21.4 Å². The molecule has 0 aromatic heterocycles. The van der Waals surface area contributed by atoms with E-state index in [1.54, 1.807) is 0 Å². The summed E-state index contributed by atoms with van der Waals surface area (Å²) in [6.07, 6.45) is 12.3. The number of aliphatic hydroxyl groups is 2. The summed E-state index contributed by atoms with van der Waals surface area (Å²) in [5.41, 5.74) is -1.47. The number of hydrogen-bond acceptors (Lipinski definition) is 2. The van der Waals surface area contributed by atoms with Gasteiger partial charge in [-0.15, -0.1) is 0 Å². The molecule has 10 atom stereocenters. The van der Waals surface area contributed by atoms with Gasteiger partial charge in [-0.1, -0.05) is 0 Å². The smallest absolute Gasteiger partial charge is 0.0969 e. The molecule has 0 saturated heterocycles. The Morgan fingerprint density at radius 2 is 0.864 bits per heavy atom. The Morgan fingerprint density at radius 1 is 0.500 bits per heavy atom. The summed E-state index contributed by atoms with van der Waals surface area (Å²) in [5, 5.41) is 23.7. The van der Waals surface area contributed by atoms with Gasteiger partial charge in [0.25, 0.3) is 0 Å². The Labute approximate surface area is 133 Å². The summed E-state index contributed by atoms with van der Waals surface area (Å²) < 4.78 is 0. The monoisotopic (exact) mass is 302 g/mol. The van der Waals surface area contributed by atoms with Gasteiger partial charge in [-0.3, -0.25) is 0 Å². The first-order valence-corrected chi connectivity index (χ1v) is 10.1. The van der Waals surface area contributed by atoms with Crippen LogP contribution in [0.15, 0.2) is 0 Å². The molecule has 6 fully saturated rings. The van der Waals surface area contributed by atoms with E-state index in [4.69, 9.17) is 0 Å². The lowest BCUT2D eigenvalue weighted by Gasteiger charge is -2.47. The molecule has 0 spiro atoms. The van der Waals surface area contributed by atoms with Crippen LogP contribution in [0.25, 0.3) is 0 Å². The second-order valence-corrected chi connectivity index (χ2v) is 9.97. The van der Waals surface area contributed by atoms with Crippen molar-refractivity contribution in [2.24, 2.45) is 47.3 Å². The Morgan fingerprint density at radius 3 is 1.32 bits per heavy atom. The molecule has 6 rings (SSSR count). The van der Waals surface area contributed by atoms with Gasteiger partial charge in [-0.05, 0) is 112 Å². The summed E-state index contributed by atoms with van der Waals surface area (Å²) >= 11 is 0. The molecule has 0 heterocycles. The summed E-state index contributed by atoms with van der Waals surface area (Å²) in [7, 11) is 0. The van der Waals surface area contributed by atoms with Crippen LogP contribution in [0.1, 0.15) is 64.2 Å². The van der Waals surface area contributed by atoms with Crippen LogP contribution in [0.4, 0.5) is 0 Å². The molecule has 0 aromatic carbocycles. The second-order valence-electron chi connectivity index (χ2n) is 9.97. The molecule has 0 amide bonds. The lowest BCUT2D eigenvalue weighted by Crippen LogP contribution is -2.59. The van der Waals surface area contributed by atoms with Crippen molar-refractivity contribution in [1.29, 1.82) is 0 Å². The average Bonchev–Trinajstić information content (AvgIpc) is 3.24. The van der Waals surface area contributed by atoms with Gasteiger partial charge in [-0.2, -0.15) is 0 Å². The SMILES string of the molecule is O[C@@]1([C@]2(O)CC3CCC4CCC2[C@H]43)CC2CCC3CCC1[C@H]32. The molecular formula is C20H30O2. The fourth-order valence-electron chi connectivity index (χ4n) is 9.24. The standard InChI is InChI=1S/C20H30O2/c21-19(9-13-3-1-11-5-7-15(19)17(11)13)20(22)10-14-4-2-12-6-8-16(20)18(12)14/h11-18,21-22H,1-10H2/t11?,12?,13?,14?,15?,16?,17-,18-,19+,20+/m1/s1. The average molecular weight is 302 g/mol. The third-order valence-corrected chi connectivity index (χ3v) is 9.74. The molecule has 2 nitrogen and oxygen atoms in total. The third kappa shape index (κ3) is 1.27. The predicted octanol–water partition coefficient (Wildman–Crippen LogP) is 3.36. The van der Waals surface area contributed by atoms with E-state index in [1.165, 1.54) is 51.4 Å². The molecule has 6 aliphatic carbocycles. The first-order valence-electron chi connectivity index (χ1n) is 10.1. The minimum absolute atomic E-state index is 0.424. The van der Waals surface area contributed by atoms with Crippen LogP contribution in [-0.2, 0) is 0 Å². The van der Waals surface area contributed by atoms with Crippen molar-refractivity contribution in [2.75, 3.05) is 0 Å². The molecule has 6 unspecified atom stereocenters. The molecule has 122 valence electrons. The van der Waals surface area contributed by atoms with E-state index >= 15 is 0 Å². The Bertz CT molecular complexity index is 472. The van der Waals surface area contributed by atoms with E-state index in [0.29, 0.717) is 11.8 Å². The minimum Gasteiger partial charge on any atom is -0.387 e. The minimum atomic E-state index is -0.735. The van der Waals surface area contributed by atoms with Crippen molar-refractivity contribution in [3.05, 3.63) is 0 Å². The van der Waals surface area contributed by atoms with Crippen LogP contribution in [0.5, 0.6) is 0 Å². The Hall–Kier alpha value is -0.0800. The molecule has 0 aliphatic heterocycles. The lowest BCUT2D eigenvalue weighted by molar-refractivity contribution is -0.194. The highest BCUT2D eigenvalue weighted by Gasteiger charge is 2.73. The third-order valence-electron chi connectivity index (χ3n) is 9.74. The fraction of sp³-hybridized carbons (Fsp3) is 1.00. The van der Waals surface area contributed by atoms with Crippen molar-refractivity contribution in [3.8, 4) is 0 Å². The lowest BCUT2D eigenvalue weighted by atomic mass is 9.67.